The summed E-state index contributed by atoms with van der Waals surface area (Å²) in [7, 11) is 1.64. The number of likely N-dealkylation sites (tertiary alicyclic amines) is 1. The number of aldehydes is 1. The van der Waals surface area contributed by atoms with E-state index in [2.05, 4.69) is 4.90 Å². The zero-order chi connectivity index (χ0) is 13.5. The summed E-state index contributed by atoms with van der Waals surface area (Å²) >= 11 is 0. The van der Waals surface area contributed by atoms with Crippen molar-refractivity contribution in [1.82, 2.24) is 4.90 Å². The maximum Gasteiger partial charge on any atom is 0.137 e. The van der Waals surface area contributed by atoms with E-state index in [1.165, 1.54) is 6.42 Å². The molecule has 0 radical (unpaired) electrons. The number of hydrogen-bond acceptors (Lipinski definition) is 4. The predicted octanol–water partition coefficient (Wildman–Crippen LogP) is 2.13. The molecule has 2 rings (SSSR count). The van der Waals surface area contributed by atoms with Crippen molar-refractivity contribution in [3.05, 3.63) is 24.3 Å². The summed E-state index contributed by atoms with van der Waals surface area (Å²) in [6.07, 6.45) is 4.37. The number of methoxy groups -OCH3 is 1. The molecule has 0 spiro atoms. The average molecular weight is 263 g/mol. The van der Waals surface area contributed by atoms with Gasteiger partial charge in [-0.3, -0.25) is 4.90 Å². The van der Waals surface area contributed by atoms with Crippen LogP contribution in [0.2, 0.25) is 0 Å². The first-order chi connectivity index (χ1) is 9.33. The van der Waals surface area contributed by atoms with Gasteiger partial charge in [-0.15, -0.1) is 0 Å². The van der Waals surface area contributed by atoms with Gasteiger partial charge in [-0.2, -0.15) is 0 Å². The molecular weight excluding hydrogens is 242 g/mol. The van der Waals surface area contributed by atoms with Gasteiger partial charge in [0.25, 0.3) is 0 Å². The minimum Gasteiger partial charge on any atom is -0.497 e. The number of nitrogens with zero attached hydrogens (tertiary/aromatic N) is 1. The van der Waals surface area contributed by atoms with Crippen LogP contribution in [-0.4, -0.2) is 44.0 Å². The Morgan fingerprint density at radius 3 is 2.68 bits per heavy atom. The number of carbonyl (C=O) groups excluding carboxylic acids is 1. The van der Waals surface area contributed by atoms with Gasteiger partial charge in [0, 0.05) is 6.54 Å². The first kappa shape index (κ1) is 13.9. The third-order valence-electron chi connectivity index (χ3n) is 3.53. The molecule has 4 nitrogen and oxygen atoms in total. The Labute approximate surface area is 114 Å². The third-order valence-corrected chi connectivity index (χ3v) is 3.53. The van der Waals surface area contributed by atoms with Crippen LogP contribution in [0.5, 0.6) is 11.5 Å². The van der Waals surface area contributed by atoms with Gasteiger partial charge in [-0.05, 0) is 43.7 Å². The van der Waals surface area contributed by atoms with Gasteiger partial charge in [-0.1, -0.05) is 6.42 Å². The zero-order valence-electron chi connectivity index (χ0n) is 11.4. The van der Waals surface area contributed by atoms with Gasteiger partial charge < -0.3 is 14.3 Å². The van der Waals surface area contributed by atoms with Crippen LogP contribution in [0.15, 0.2) is 24.3 Å². The molecule has 1 saturated heterocycles. The van der Waals surface area contributed by atoms with E-state index in [0.717, 1.165) is 43.7 Å². The molecule has 1 unspecified atom stereocenters. The first-order valence-electron chi connectivity index (χ1n) is 6.79. The van der Waals surface area contributed by atoms with Crippen LogP contribution < -0.4 is 9.47 Å². The minimum absolute atomic E-state index is 0.0771. The lowest BCUT2D eigenvalue weighted by atomic mass is 10.0. The van der Waals surface area contributed by atoms with E-state index < -0.39 is 0 Å². The maximum absolute atomic E-state index is 11.0. The number of hydrogen-bond donors (Lipinski definition) is 0. The fraction of sp³-hybridized carbons (Fsp3) is 0.533. The fourth-order valence-corrected chi connectivity index (χ4v) is 2.40. The molecule has 104 valence electrons. The molecule has 1 atom stereocenters. The monoisotopic (exact) mass is 263 g/mol. The standard InChI is InChI=1S/C15H21NO3/c1-18-14-5-7-15(8-6-14)19-11-10-16-9-3-2-4-13(16)12-17/h5-8,12-13H,2-4,9-11H2,1H3. The zero-order valence-corrected chi connectivity index (χ0v) is 11.4. The maximum atomic E-state index is 11.0. The van der Waals surface area contributed by atoms with Gasteiger partial charge in [-0.25, -0.2) is 0 Å². The van der Waals surface area contributed by atoms with E-state index in [4.69, 9.17) is 9.47 Å². The Hall–Kier alpha value is -1.55. The van der Waals surface area contributed by atoms with Crippen molar-refractivity contribution in [2.45, 2.75) is 25.3 Å². The van der Waals surface area contributed by atoms with Crippen molar-refractivity contribution < 1.29 is 14.3 Å². The quantitative estimate of drug-likeness (QED) is 0.737. The van der Waals surface area contributed by atoms with E-state index in [1.807, 2.05) is 24.3 Å². The highest BCUT2D eigenvalue weighted by atomic mass is 16.5. The molecule has 0 amide bonds. The highest BCUT2D eigenvalue weighted by molar-refractivity contribution is 5.57. The van der Waals surface area contributed by atoms with Crippen LogP contribution in [0.1, 0.15) is 19.3 Å². The van der Waals surface area contributed by atoms with Crippen LogP contribution in [0, 0.1) is 0 Å². The molecule has 19 heavy (non-hydrogen) atoms. The van der Waals surface area contributed by atoms with E-state index in [0.29, 0.717) is 6.61 Å². The van der Waals surface area contributed by atoms with E-state index in [-0.39, 0.29) is 6.04 Å². The number of carbonyl (C=O) groups is 1. The molecule has 1 aromatic carbocycles. The topological polar surface area (TPSA) is 38.8 Å². The summed E-state index contributed by atoms with van der Waals surface area (Å²) in [6, 6.07) is 7.63. The van der Waals surface area contributed by atoms with Crippen molar-refractivity contribution in [3.8, 4) is 11.5 Å². The summed E-state index contributed by atoms with van der Waals surface area (Å²) in [4.78, 5) is 13.2. The molecule has 1 heterocycles. The Balaban J connectivity index is 1.77. The van der Waals surface area contributed by atoms with Crippen LogP contribution in [0.3, 0.4) is 0 Å². The van der Waals surface area contributed by atoms with Crippen LogP contribution in [-0.2, 0) is 4.79 Å². The minimum atomic E-state index is 0.0771. The molecule has 1 aromatic rings. The third kappa shape index (κ3) is 3.96. The van der Waals surface area contributed by atoms with Crippen LogP contribution >= 0.6 is 0 Å². The van der Waals surface area contributed by atoms with Crippen LogP contribution in [0.25, 0.3) is 0 Å². The van der Waals surface area contributed by atoms with Gasteiger partial charge in [0.05, 0.1) is 13.2 Å². The van der Waals surface area contributed by atoms with Gasteiger partial charge >= 0.3 is 0 Å². The fourth-order valence-electron chi connectivity index (χ4n) is 2.40. The Bertz CT molecular complexity index is 391. The lowest BCUT2D eigenvalue weighted by Gasteiger charge is -2.31. The van der Waals surface area contributed by atoms with Crippen molar-refractivity contribution in [2.75, 3.05) is 26.8 Å². The summed E-state index contributed by atoms with van der Waals surface area (Å²) in [5, 5.41) is 0. The van der Waals surface area contributed by atoms with Gasteiger partial charge in [0.1, 0.15) is 24.4 Å². The van der Waals surface area contributed by atoms with E-state index in [1.54, 1.807) is 7.11 Å². The number of ether oxygens (including phenoxy) is 2. The summed E-state index contributed by atoms with van der Waals surface area (Å²) in [5.74, 6) is 1.66. The molecule has 0 N–H and O–H groups in total. The lowest BCUT2D eigenvalue weighted by Crippen LogP contribution is -2.42. The summed E-state index contributed by atoms with van der Waals surface area (Å²) in [5.41, 5.74) is 0. The van der Waals surface area contributed by atoms with Crippen molar-refractivity contribution in [2.24, 2.45) is 0 Å². The summed E-state index contributed by atoms with van der Waals surface area (Å²) in [6.45, 7) is 2.40. The second-order valence-electron chi connectivity index (χ2n) is 4.76. The molecule has 0 aromatic heterocycles. The normalized spacial score (nSPS) is 19.9. The molecule has 0 bridgehead atoms. The highest BCUT2D eigenvalue weighted by Gasteiger charge is 2.21. The Morgan fingerprint density at radius 2 is 2.00 bits per heavy atom. The number of benzene rings is 1. The Kier molecular flexibility index (Phi) is 5.21. The molecule has 1 aliphatic heterocycles. The molecular formula is C15H21NO3. The second kappa shape index (κ2) is 7.14. The van der Waals surface area contributed by atoms with Crippen molar-refractivity contribution >= 4 is 6.29 Å². The SMILES string of the molecule is COc1ccc(OCCN2CCCCC2C=O)cc1. The Morgan fingerprint density at radius 1 is 1.26 bits per heavy atom. The van der Waals surface area contributed by atoms with Crippen molar-refractivity contribution in [3.63, 3.8) is 0 Å². The van der Waals surface area contributed by atoms with Crippen LogP contribution in [0.4, 0.5) is 0 Å². The average Bonchev–Trinajstić information content (AvgIpc) is 2.48. The first-order valence-corrected chi connectivity index (χ1v) is 6.79. The second-order valence-corrected chi connectivity index (χ2v) is 4.76. The lowest BCUT2D eigenvalue weighted by molar-refractivity contribution is -0.113. The molecule has 4 heteroatoms. The molecule has 0 aliphatic carbocycles. The predicted molar refractivity (Wildman–Crippen MR) is 73.8 cm³/mol. The highest BCUT2D eigenvalue weighted by Crippen LogP contribution is 2.18. The van der Waals surface area contributed by atoms with E-state index >= 15 is 0 Å². The van der Waals surface area contributed by atoms with Gasteiger partial charge in [0.15, 0.2) is 0 Å². The molecule has 1 fully saturated rings. The van der Waals surface area contributed by atoms with E-state index in [9.17, 15) is 4.79 Å². The van der Waals surface area contributed by atoms with Gasteiger partial charge in [0.2, 0.25) is 0 Å². The molecule has 0 saturated carbocycles. The largest absolute Gasteiger partial charge is 0.497 e. The summed E-state index contributed by atoms with van der Waals surface area (Å²) < 4.78 is 10.8. The smallest absolute Gasteiger partial charge is 0.137 e. The van der Waals surface area contributed by atoms with Crippen molar-refractivity contribution in [1.29, 1.82) is 0 Å². The number of piperidine rings is 1. The number of rotatable bonds is 6. The molecule has 1 aliphatic rings.